The number of nitrogens with one attached hydrogen (secondary N) is 1. The van der Waals surface area contributed by atoms with Crippen molar-refractivity contribution in [1.29, 1.82) is 0 Å². The van der Waals surface area contributed by atoms with Crippen molar-refractivity contribution in [3.05, 3.63) is 62.8 Å². The third-order valence-electron chi connectivity index (χ3n) is 2.64. The van der Waals surface area contributed by atoms with E-state index < -0.39 is 10.8 Å². The van der Waals surface area contributed by atoms with E-state index in [4.69, 9.17) is 11.6 Å². The van der Waals surface area contributed by atoms with Gasteiger partial charge in [-0.15, -0.1) is 0 Å². The predicted molar refractivity (Wildman–Crippen MR) is 75.0 cm³/mol. The molecule has 6 nitrogen and oxygen atoms in total. The highest BCUT2D eigenvalue weighted by atomic mass is 35.5. The molecule has 102 valence electrons. The number of benzene rings is 1. The number of carbonyl (C=O) groups is 1. The van der Waals surface area contributed by atoms with Crippen LogP contribution in [-0.4, -0.2) is 15.8 Å². The van der Waals surface area contributed by atoms with Crippen molar-refractivity contribution in [3.63, 3.8) is 0 Å². The van der Waals surface area contributed by atoms with Crippen molar-refractivity contribution in [1.82, 2.24) is 4.98 Å². The van der Waals surface area contributed by atoms with Gasteiger partial charge in [-0.1, -0.05) is 17.7 Å². The number of nitrogens with zero attached hydrogens (tertiary/aromatic N) is 2. The lowest BCUT2D eigenvalue weighted by molar-refractivity contribution is -0.385. The number of aromatic nitrogens is 1. The standard InChI is InChI=1S/C13H10ClN3O3/c1-8-3-2-6-15-12(8)16-13(18)10-7-9(14)4-5-11(10)17(19)20/h2-7H,1H3,(H,15,16,18). The van der Waals surface area contributed by atoms with E-state index in [1.807, 2.05) is 0 Å². The van der Waals surface area contributed by atoms with Gasteiger partial charge in [0, 0.05) is 17.3 Å². The number of carbonyl (C=O) groups excluding carboxylic acids is 1. The summed E-state index contributed by atoms with van der Waals surface area (Å²) in [6.07, 6.45) is 1.52. The van der Waals surface area contributed by atoms with Crippen LogP contribution in [-0.2, 0) is 0 Å². The second-order valence-corrected chi connectivity index (χ2v) is 4.48. The molecule has 0 atom stereocenters. The molecular formula is C13H10ClN3O3. The molecule has 0 spiro atoms. The number of amides is 1. The van der Waals surface area contributed by atoms with E-state index in [0.717, 1.165) is 5.56 Å². The molecule has 0 aliphatic carbocycles. The van der Waals surface area contributed by atoms with Crippen LogP contribution < -0.4 is 5.32 Å². The Morgan fingerprint density at radius 2 is 2.15 bits per heavy atom. The number of halogens is 1. The summed E-state index contributed by atoms with van der Waals surface area (Å²) in [6.45, 7) is 1.77. The first-order valence-electron chi connectivity index (χ1n) is 5.66. The maximum absolute atomic E-state index is 12.1. The fraction of sp³-hybridized carbons (Fsp3) is 0.0769. The summed E-state index contributed by atoms with van der Waals surface area (Å²) in [4.78, 5) is 26.4. The van der Waals surface area contributed by atoms with Gasteiger partial charge < -0.3 is 5.32 Å². The Morgan fingerprint density at radius 1 is 1.40 bits per heavy atom. The third kappa shape index (κ3) is 2.92. The molecule has 0 fully saturated rings. The van der Waals surface area contributed by atoms with Crippen LogP contribution in [0.1, 0.15) is 15.9 Å². The van der Waals surface area contributed by atoms with Gasteiger partial charge in [0.1, 0.15) is 11.4 Å². The van der Waals surface area contributed by atoms with Gasteiger partial charge in [0.05, 0.1) is 4.92 Å². The van der Waals surface area contributed by atoms with Gasteiger partial charge in [0.15, 0.2) is 0 Å². The fourth-order valence-corrected chi connectivity index (χ4v) is 1.81. The second kappa shape index (κ2) is 5.66. The Labute approximate surface area is 119 Å². The van der Waals surface area contributed by atoms with E-state index >= 15 is 0 Å². The third-order valence-corrected chi connectivity index (χ3v) is 2.88. The minimum Gasteiger partial charge on any atom is -0.306 e. The number of hydrogen-bond acceptors (Lipinski definition) is 4. The van der Waals surface area contributed by atoms with Crippen molar-refractivity contribution in [3.8, 4) is 0 Å². The summed E-state index contributed by atoms with van der Waals surface area (Å²) in [7, 11) is 0. The summed E-state index contributed by atoms with van der Waals surface area (Å²) in [6, 6.07) is 7.32. The number of nitro groups is 1. The molecular weight excluding hydrogens is 282 g/mol. The van der Waals surface area contributed by atoms with Crippen molar-refractivity contribution in [2.45, 2.75) is 6.92 Å². The molecule has 1 aromatic carbocycles. The monoisotopic (exact) mass is 291 g/mol. The van der Waals surface area contributed by atoms with Crippen LogP contribution in [0.2, 0.25) is 5.02 Å². The number of hydrogen-bond donors (Lipinski definition) is 1. The minimum absolute atomic E-state index is 0.104. The molecule has 1 aromatic heterocycles. The Bertz CT molecular complexity index is 688. The normalized spacial score (nSPS) is 10.1. The lowest BCUT2D eigenvalue weighted by Crippen LogP contribution is -2.15. The number of rotatable bonds is 3. The van der Waals surface area contributed by atoms with Crippen LogP contribution in [0.3, 0.4) is 0 Å². The van der Waals surface area contributed by atoms with Crippen LogP contribution in [0.4, 0.5) is 11.5 Å². The van der Waals surface area contributed by atoms with Gasteiger partial charge in [-0.25, -0.2) is 4.98 Å². The molecule has 1 amide bonds. The number of pyridine rings is 1. The summed E-state index contributed by atoms with van der Waals surface area (Å²) in [5.41, 5.74) is 0.346. The SMILES string of the molecule is Cc1cccnc1NC(=O)c1cc(Cl)ccc1[N+](=O)[O-]. The van der Waals surface area contributed by atoms with Gasteiger partial charge in [0.2, 0.25) is 0 Å². The molecule has 0 saturated heterocycles. The van der Waals surface area contributed by atoms with Crippen molar-refractivity contribution in [2.75, 3.05) is 5.32 Å². The van der Waals surface area contributed by atoms with Crippen LogP contribution in [0.25, 0.3) is 0 Å². The van der Waals surface area contributed by atoms with Crippen LogP contribution >= 0.6 is 11.6 Å². The zero-order valence-electron chi connectivity index (χ0n) is 10.5. The Balaban J connectivity index is 2.37. The number of anilines is 1. The highest BCUT2D eigenvalue weighted by molar-refractivity contribution is 6.31. The van der Waals surface area contributed by atoms with E-state index in [1.165, 1.54) is 24.4 Å². The minimum atomic E-state index is -0.628. The maximum Gasteiger partial charge on any atom is 0.282 e. The largest absolute Gasteiger partial charge is 0.306 e. The van der Waals surface area contributed by atoms with Crippen LogP contribution in [0.15, 0.2) is 36.5 Å². The molecule has 2 rings (SSSR count). The van der Waals surface area contributed by atoms with Gasteiger partial charge in [-0.05, 0) is 30.7 Å². The lowest BCUT2D eigenvalue weighted by Gasteiger charge is -2.07. The molecule has 0 bridgehead atoms. The van der Waals surface area contributed by atoms with Gasteiger partial charge in [-0.3, -0.25) is 14.9 Å². The van der Waals surface area contributed by atoms with E-state index in [0.29, 0.717) is 5.82 Å². The Morgan fingerprint density at radius 3 is 2.80 bits per heavy atom. The second-order valence-electron chi connectivity index (χ2n) is 4.04. The molecule has 0 radical (unpaired) electrons. The van der Waals surface area contributed by atoms with Crippen molar-refractivity contribution in [2.24, 2.45) is 0 Å². The highest BCUT2D eigenvalue weighted by Gasteiger charge is 2.21. The zero-order valence-corrected chi connectivity index (χ0v) is 11.2. The topological polar surface area (TPSA) is 85.1 Å². The van der Waals surface area contributed by atoms with E-state index in [2.05, 4.69) is 10.3 Å². The van der Waals surface area contributed by atoms with Crippen molar-refractivity contribution < 1.29 is 9.72 Å². The molecule has 0 saturated carbocycles. The quantitative estimate of drug-likeness (QED) is 0.695. The molecule has 20 heavy (non-hydrogen) atoms. The number of nitro benzene ring substituents is 1. The van der Waals surface area contributed by atoms with E-state index in [-0.39, 0.29) is 16.3 Å². The van der Waals surface area contributed by atoms with Crippen LogP contribution in [0, 0.1) is 17.0 Å². The molecule has 0 aliphatic rings. The fourth-order valence-electron chi connectivity index (χ4n) is 1.64. The smallest absolute Gasteiger partial charge is 0.282 e. The van der Waals surface area contributed by atoms with E-state index in [9.17, 15) is 14.9 Å². The molecule has 0 unspecified atom stereocenters. The first-order chi connectivity index (χ1) is 9.49. The molecule has 1 N–H and O–H groups in total. The first kappa shape index (κ1) is 14.0. The Kier molecular flexibility index (Phi) is 3.95. The molecule has 7 heteroatoms. The lowest BCUT2D eigenvalue weighted by atomic mass is 10.1. The van der Waals surface area contributed by atoms with Gasteiger partial charge in [0.25, 0.3) is 11.6 Å². The predicted octanol–water partition coefficient (Wildman–Crippen LogP) is 3.20. The van der Waals surface area contributed by atoms with Crippen LogP contribution in [0.5, 0.6) is 0 Å². The maximum atomic E-state index is 12.1. The Hall–Kier alpha value is -2.47. The highest BCUT2D eigenvalue weighted by Crippen LogP contribution is 2.24. The summed E-state index contributed by atoms with van der Waals surface area (Å²) in [5.74, 6) is -0.271. The van der Waals surface area contributed by atoms with Gasteiger partial charge >= 0.3 is 0 Å². The van der Waals surface area contributed by atoms with Crippen molar-refractivity contribution >= 4 is 29.0 Å². The average Bonchev–Trinajstić information content (AvgIpc) is 2.40. The first-order valence-corrected chi connectivity index (χ1v) is 6.04. The molecule has 2 aromatic rings. The summed E-state index contributed by atoms with van der Waals surface area (Å²) in [5, 5.41) is 13.7. The average molecular weight is 292 g/mol. The van der Waals surface area contributed by atoms with E-state index in [1.54, 1.807) is 19.1 Å². The number of aryl methyl sites for hydroxylation is 1. The zero-order chi connectivity index (χ0) is 14.7. The van der Waals surface area contributed by atoms with Gasteiger partial charge in [-0.2, -0.15) is 0 Å². The molecule has 1 heterocycles. The summed E-state index contributed by atoms with van der Waals surface area (Å²) >= 11 is 5.78. The molecule has 0 aliphatic heterocycles. The summed E-state index contributed by atoms with van der Waals surface area (Å²) < 4.78 is 0.